The van der Waals surface area contributed by atoms with Gasteiger partial charge in [-0.3, -0.25) is 0 Å². The van der Waals surface area contributed by atoms with Gasteiger partial charge in [-0.05, 0) is 35.9 Å². The largest absolute Gasteiger partial charge is 0.144 e. The first-order valence-electron chi connectivity index (χ1n) is 7.10. The van der Waals surface area contributed by atoms with Crippen LogP contribution in [-0.4, -0.2) is 0 Å². The molecule has 0 saturated heterocycles. The molecule has 0 unspecified atom stereocenters. The van der Waals surface area contributed by atoms with Crippen LogP contribution < -0.4 is 0 Å². The molecule has 0 fully saturated rings. The van der Waals surface area contributed by atoms with Gasteiger partial charge in [0.05, 0.1) is 0 Å². The van der Waals surface area contributed by atoms with Gasteiger partial charge in [-0.15, -0.1) is 22.7 Å². The van der Waals surface area contributed by atoms with Crippen LogP contribution >= 0.6 is 22.7 Å². The second kappa shape index (κ2) is 6.38. The normalized spacial score (nSPS) is 10.8. The van der Waals surface area contributed by atoms with Crippen LogP contribution in [0.3, 0.4) is 0 Å². The monoisotopic (exact) mass is 298 g/mol. The molecule has 0 nitrogen and oxygen atoms in total. The maximum absolute atomic E-state index is 2.37. The first-order valence-corrected chi connectivity index (χ1v) is 8.80. The zero-order chi connectivity index (χ0) is 13.8. The summed E-state index contributed by atoms with van der Waals surface area (Å²) in [5.41, 5.74) is 2.77. The molecule has 0 N–H and O–H groups in total. The molecule has 0 spiro atoms. The summed E-state index contributed by atoms with van der Waals surface area (Å²) in [6, 6.07) is 17.5. The topological polar surface area (TPSA) is 0 Å². The highest BCUT2D eigenvalue weighted by molar-refractivity contribution is 7.17. The molecule has 0 bridgehead atoms. The van der Waals surface area contributed by atoms with Crippen molar-refractivity contribution in [2.75, 3.05) is 0 Å². The maximum Gasteiger partial charge on any atom is 0.0354 e. The Kier molecular flexibility index (Phi) is 4.34. The van der Waals surface area contributed by atoms with Crippen molar-refractivity contribution in [3.63, 3.8) is 0 Å². The Morgan fingerprint density at radius 3 is 2.50 bits per heavy atom. The third-order valence-electron chi connectivity index (χ3n) is 3.41. The second-order valence-electron chi connectivity index (χ2n) is 4.89. The smallest absolute Gasteiger partial charge is 0.0354 e. The fraction of sp³-hybridized carbons (Fsp3) is 0.222. The molecule has 3 rings (SSSR count). The van der Waals surface area contributed by atoms with Gasteiger partial charge in [-0.25, -0.2) is 0 Å². The molecular weight excluding hydrogens is 280 g/mol. The van der Waals surface area contributed by atoms with Gasteiger partial charge in [0.15, 0.2) is 0 Å². The molecular formula is C18H18S2. The van der Waals surface area contributed by atoms with Gasteiger partial charge in [-0.2, -0.15) is 0 Å². The van der Waals surface area contributed by atoms with E-state index in [1.165, 1.54) is 45.0 Å². The highest BCUT2D eigenvalue weighted by Crippen LogP contribution is 2.39. The molecule has 1 aromatic carbocycles. The predicted octanol–water partition coefficient (Wildman–Crippen LogP) is 6.49. The van der Waals surface area contributed by atoms with Gasteiger partial charge in [-0.1, -0.05) is 49.7 Å². The van der Waals surface area contributed by atoms with Gasteiger partial charge in [0.25, 0.3) is 0 Å². The van der Waals surface area contributed by atoms with Crippen molar-refractivity contribution >= 4 is 22.7 Å². The lowest BCUT2D eigenvalue weighted by molar-refractivity contribution is 0.805. The van der Waals surface area contributed by atoms with E-state index in [9.17, 15) is 0 Å². The van der Waals surface area contributed by atoms with Crippen LogP contribution in [0.1, 0.15) is 24.6 Å². The molecule has 0 radical (unpaired) electrons. The Morgan fingerprint density at radius 2 is 1.80 bits per heavy atom. The lowest BCUT2D eigenvalue weighted by Crippen LogP contribution is -1.81. The Labute approximate surface area is 128 Å². The average Bonchev–Trinajstić information content (AvgIpc) is 3.15. The van der Waals surface area contributed by atoms with E-state index in [2.05, 4.69) is 60.8 Å². The first-order chi connectivity index (χ1) is 9.88. The molecule has 0 atom stereocenters. The van der Waals surface area contributed by atoms with Crippen LogP contribution in [0.25, 0.3) is 20.9 Å². The Bertz CT molecular complexity index is 648. The van der Waals surface area contributed by atoms with Crippen molar-refractivity contribution in [3.8, 4) is 20.9 Å². The van der Waals surface area contributed by atoms with Gasteiger partial charge < -0.3 is 0 Å². The van der Waals surface area contributed by atoms with E-state index in [1.807, 2.05) is 22.7 Å². The third-order valence-corrected chi connectivity index (χ3v) is 5.56. The summed E-state index contributed by atoms with van der Waals surface area (Å²) in [6.45, 7) is 2.26. The van der Waals surface area contributed by atoms with Crippen LogP contribution in [0.5, 0.6) is 0 Å². The minimum atomic E-state index is 1.20. The molecule has 2 aromatic heterocycles. The number of aryl methyl sites for hydroxylation is 1. The highest BCUT2D eigenvalue weighted by atomic mass is 32.1. The number of rotatable bonds is 5. The summed E-state index contributed by atoms with van der Waals surface area (Å²) in [7, 11) is 0. The van der Waals surface area contributed by atoms with Gasteiger partial charge in [0, 0.05) is 20.2 Å². The molecule has 102 valence electrons. The maximum atomic E-state index is 2.37. The summed E-state index contributed by atoms with van der Waals surface area (Å²) in [4.78, 5) is 4.32. The number of hydrogen-bond acceptors (Lipinski definition) is 2. The number of thiophene rings is 2. The van der Waals surface area contributed by atoms with Crippen molar-refractivity contribution in [3.05, 3.63) is 58.8 Å². The summed E-state index contributed by atoms with van der Waals surface area (Å²) in [6.07, 6.45) is 3.72. The molecule has 0 aliphatic rings. The minimum absolute atomic E-state index is 1.20. The second-order valence-corrected chi connectivity index (χ2v) is 6.98. The van der Waals surface area contributed by atoms with Crippen molar-refractivity contribution < 1.29 is 0 Å². The lowest BCUT2D eigenvalue weighted by Gasteiger charge is -1.99. The van der Waals surface area contributed by atoms with E-state index in [4.69, 9.17) is 0 Å². The lowest BCUT2D eigenvalue weighted by atomic mass is 10.1. The van der Waals surface area contributed by atoms with Crippen LogP contribution in [0.2, 0.25) is 0 Å². The van der Waals surface area contributed by atoms with Gasteiger partial charge in [0.1, 0.15) is 0 Å². The molecule has 0 aliphatic carbocycles. The number of unbranched alkanes of at least 4 members (excludes halogenated alkanes) is 1. The van der Waals surface area contributed by atoms with Gasteiger partial charge >= 0.3 is 0 Å². The molecule has 0 aliphatic heterocycles. The third kappa shape index (κ3) is 2.87. The molecule has 0 amide bonds. The fourth-order valence-electron chi connectivity index (χ4n) is 2.34. The zero-order valence-electron chi connectivity index (χ0n) is 11.6. The van der Waals surface area contributed by atoms with Crippen molar-refractivity contribution in [2.45, 2.75) is 26.2 Å². The number of benzene rings is 1. The van der Waals surface area contributed by atoms with E-state index in [0.29, 0.717) is 0 Å². The summed E-state index contributed by atoms with van der Waals surface area (Å²) in [5, 5.41) is 2.17. The summed E-state index contributed by atoms with van der Waals surface area (Å²) < 4.78 is 0. The SMILES string of the molecule is CCCCc1sc(-c2ccccc2)cc1-c1cccs1. The van der Waals surface area contributed by atoms with Crippen molar-refractivity contribution in [2.24, 2.45) is 0 Å². The van der Waals surface area contributed by atoms with Crippen LogP contribution in [-0.2, 0) is 6.42 Å². The molecule has 2 heteroatoms. The van der Waals surface area contributed by atoms with E-state index in [0.717, 1.165) is 0 Å². The van der Waals surface area contributed by atoms with E-state index < -0.39 is 0 Å². The van der Waals surface area contributed by atoms with Gasteiger partial charge in [0.2, 0.25) is 0 Å². The minimum Gasteiger partial charge on any atom is -0.144 e. The molecule has 3 aromatic rings. The quantitative estimate of drug-likeness (QED) is 0.505. The van der Waals surface area contributed by atoms with Crippen LogP contribution in [0.4, 0.5) is 0 Å². The zero-order valence-corrected chi connectivity index (χ0v) is 13.3. The van der Waals surface area contributed by atoms with E-state index in [1.54, 1.807) is 0 Å². The fourth-order valence-corrected chi connectivity index (χ4v) is 4.39. The van der Waals surface area contributed by atoms with Crippen LogP contribution in [0.15, 0.2) is 53.9 Å². The Hall–Kier alpha value is -1.38. The summed E-state index contributed by atoms with van der Waals surface area (Å²) >= 11 is 3.80. The van der Waals surface area contributed by atoms with E-state index >= 15 is 0 Å². The van der Waals surface area contributed by atoms with Crippen LogP contribution in [0, 0.1) is 0 Å². The van der Waals surface area contributed by atoms with Crippen molar-refractivity contribution in [1.82, 2.24) is 0 Å². The predicted molar refractivity (Wildman–Crippen MR) is 91.7 cm³/mol. The molecule has 0 saturated carbocycles. The molecule has 2 heterocycles. The Morgan fingerprint density at radius 1 is 0.950 bits per heavy atom. The number of hydrogen-bond donors (Lipinski definition) is 0. The standard InChI is InChI=1S/C18H18S2/c1-2-3-10-17-15(16-11-7-12-19-16)13-18(20-17)14-8-5-4-6-9-14/h4-9,11-13H,2-3,10H2,1H3. The Balaban J connectivity index is 2.01. The van der Waals surface area contributed by atoms with Crippen molar-refractivity contribution in [1.29, 1.82) is 0 Å². The first kappa shape index (κ1) is 13.6. The average molecular weight is 298 g/mol. The highest BCUT2D eigenvalue weighted by Gasteiger charge is 2.12. The summed E-state index contributed by atoms with van der Waals surface area (Å²) in [5.74, 6) is 0. The van der Waals surface area contributed by atoms with E-state index in [-0.39, 0.29) is 0 Å². The molecule has 20 heavy (non-hydrogen) atoms.